The summed E-state index contributed by atoms with van der Waals surface area (Å²) in [4.78, 5) is 36.8. The van der Waals surface area contributed by atoms with Crippen LogP contribution in [0.3, 0.4) is 0 Å². The lowest BCUT2D eigenvalue weighted by atomic mass is 10.0. The molecule has 0 bridgehead atoms. The normalized spacial score (nSPS) is 22.0. The van der Waals surface area contributed by atoms with Gasteiger partial charge in [-0.25, -0.2) is 19.5 Å². The second kappa shape index (κ2) is 13.8. The van der Waals surface area contributed by atoms with E-state index in [4.69, 9.17) is 14.8 Å². The van der Waals surface area contributed by atoms with Gasteiger partial charge < -0.3 is 25.0 Å². The van der Waals surface area contributed by atoms with Crippen LogP contribution in [0.1, 0.15) is 38.2 Å². The molecule has 4 aromatic rings. The van der Waals surface area contributed by atoms with Crippen molar-refractivity contribution in [3.63, 3.8) is 0 Å². The average Bonchev–Trinajstić information content (AvgIpc) is 3.61. The summed E-state index contributed by atoms with van der Waals surface area (Å²) in [6, 6.07) is 8.76. The molecule has 0 spiro atoms. The number of ether oxygens (including phenoxy) is 1. The Hall–Kier alpha value is -4.85. The summed E-state index contributed by atoms with van der Waals surface area (Å²) in [6.45, 7) is 12.8. The predicted octanol–water partition coefficient (Wildman–Crippen LogP) is 3.99. The molecular formula is C37H44N10O3. The van der Waals surface area contributed by atoms with Crippen molar-refractivity contribution >= 4 is 34.6 Å². The maximum Gasteiger partial charge on any atom is 0.275 e. The lowest BCUT2D eigenvalue weighted by Crippen LogP contribution is -2.59. The molecule has 8 rings (SSSR count). The largest absolute Gasteiger partial charge is 0.392 e. The van der Waals surface area contributed by atoms with Crippen molar-refractivity contribution in [2.45, 2.75) is 51.3 Å². The third-order valence-corrected chi connectivity index (χ3v) is 10.4. The molecule has 8 heterocycles. The van der Waals surface area contributed by atoms with E-state index < -0.39 is 0 Å². The highest BCUT2D eigenvalue weighted by molar-refractivity contribution is 6.06. The fraction of sp³-hybridized carbons (Fsp3) is 0.432. The summed E-state index contributed by atoms with van der Waals surface area (Å²) in [6.07, 6.45) is 13.1. The maximum absolute atomic E-state index is 14.0. The molecule has 2 N–H and O–H groups in total. The summed E-state index contributed by atoms with van der Waals surface area (Å²) >= 11 is 0. The Balaban J connectivity index is 1.06. The number of anilines is 4. The van der Waals surface area contributed by atoms with Gasteiger partial charge in [-0.1, -0.05) is 18.6 Å². The second-order valence-corrected chi connectivity index (χ2v) is 13.7. The number of pyridine rings is 2. The topological polar surface area (TPSA) is 127 Å². The van der Waals surface area contributed by atoms with Gasteiger partial charge in [-0.3, -0.25) is 14.6 Å². The molecule has 0 saturated carbocycles. The first-order chi connectivity index (χ1) is 24.5. The molecule has 13 heteroatoms. The van der Waals surface area contributed by atoms with Crippen LogP contribution in [0.2, 0.25) is 0 Å². The van der Waals surface area contributed by atoms with Crippen LogP contribution in [0, 0.1) is 0 Å². The summed E-state index contributed by atoms with van der Waals surface area (Å²) in [7, 11) is 0. The minimum absolute atomic E-state index is 0.127. The van der Waals surface area contributed by atoms with Crippen LogP contribution in [0.25, 0.3) is 16.9 Å². The molecule has 1 amide bonds. The highest BCUT2D eigenvalue weighted by Gasteiger charge is 2.34. The first-order valence-electron chi connectivity index (χ1n) is 17.7. The standard InChI is InChI=1S/C37H44N10O3/c1-25-6-4-3-5-12-43-14-17-46(37(49)33(43)18-25)35-30(22-48)29(9-10-38-35)31-19-32(36-39-11-13-47(36)42-31)41-34-8-7-27(20-40-34)45-16-15-44(21-26(45)2)28-23-50-24-28/h7-11,13,18-20,26,28,48H,1,3-6,12,14-17,21-24H2,2H3,(H,40,41)/b33-18-/t26-/m0/s1. The van der Waals surface area contributed by atoms with Gasteiger partial charge in [-0.2, -0.15) is 5.10 Å². The first-order valence-corrected chi connectivity index (χ1v) is 17.7. The number of imidazole rings is 1. The zero-order valence-corrected chi connectivity index (χ0v) is 28.5. The summed E-state index contributed by atoms with van der Waals surface area (Å²) < 4.78 is 7.12. The molecule has 4 aliphatic rings. The molecule has 3 fully saturated rings. The van der Waals surface area contributed by atoms with Crippen LogP contribution >= 0.6 is 0 Å². The maximum atomic E-state index is 14.0. The van der Waals surface area contributed by atoms with Crippen LogP contribution in [0.4, 0.5) is 23.0 Å². The number of aliphatic hydroxyl groups is 1. The van der Waals surface area contributed by atoms with E-state index >= 15 is 0 Å². The van der Waals surface area contributed by atoms with Crippen LogP contribution in [-0.4, -0.2) is 110 Å². The van der Waals surface area contributed by atoms with E-state index in [9.17, 15) is 9.90 Å². The van der Waals surface area contributed by atoms with Crippen LogP contribution < -0.4 is 15.1 Å². The number of nitrogens with one attached hydrogen (secondary N) is 1. The number of hydrogen-bond acceptors (Lipinski definition) is 11. The van der Waals surface area contributed by atoms with E-state index in [-0.39, 0.29) is 12.5 Å². The molecule has 260 valence electrons. The lowest BCUT2D eigenvalue weighted by molar-refractivity contribution is -0.117. The van der Waals surface area contributed by atoms with E-state index in [1.807, 2.05) is 30.5 Å². The second-order valence-electron chi connectivity index (χ2n) is 13.7. The minimum atomic E-state index is -0.311. The lowest BCUT2D eigenvalue weighted by Gasteiger charge is -2.46. The molecule has 0 aromatic carbocycles. The van der Waals surface area contributed by atoms with Gasteiger partial charge in [-0.05, 0) is 56.5 Å². The van der Waals surface area contributed by atoms with Gasteiger partial charge in [0.15, 0.2) is 5.65 Å². The van der Waals surface area contributed by atoms with Gasteiger partial charge in [0, 0.05) is 75.0 Å². The van der Waals surface area contributed by atoms with E-state index in [1.54, 1.807) is 28.0 Å². The van der Waals surface area contributed by atoms with Crippen molar-refractivity contribution in [3.8, 4) is 11.3 Å². The first kappa shape index (κ1) is 32.4. The zero-order chi connectivity index (χ0) is 34.2. The Morgan fingerprint density at radius 3 is 2.70 bits per heavy atom. The highest BCUT2D eigenvalue weighted by atomic mass is 16.5. The van der Waals surface area contributed by atoms with E-state index in [1.165, 1.54) is 0 Å². The number of allylic oxidation sites excluding steroid dienone is 2. The summed E-state index contributed by atoms with van der Waals surface area (Å²) in [5, 5.41) is 19.1. The SMILES string of the molecule is C=C1/C=C2/C(=O)N(c3nccc(-c4cc(Nc5ccc(N6CCN(C7COC7)C[C@@H]6C)cn5)c5nccn5n4)c3CO)CCN2CCCCC1. The minimum Gasteiger partial charge on any atom is -0.392 e. The number of carbonyl (C=O) groups is 1. The van der Waals surface area contributed by atoms with E-state index in [0.717, 1.165) is 76.3 Å². The van der Waals surface area contributed by atoms with Gasteiger partial charge in [0.25, 0.3) is 5.91 Å². The molecule has 0 radical (unpaired) electrons. The molecule has 3 saturated heterocycles. The molecular weight excluding hydrogens is 632 g/mol. The molecule has 4 aromatic heterocycles. The van der Waals surface area contributed by atoms with Crippen molar-refractivity contribution < 1.29 is 14.6 Å². The number of rotatable bonds is 7. The van der Waals surface area contributed by atoms with Crippen LogP contribution in [-0.2, 0) is 16.1 Å². The number of hydrogen-bond donors (Lipinski definition) is 2. The van der Waals surface area contributed by atoms with Crippen LogP contribution in [0.15, 0.2) is 73.0 Å². The quantitative estimate of drug-likeness (QED) is 0.295. The molecule has 0 aliphatic carbocycles. The van der Waals surface area contributed by atoms with Gasteiger partial charge in [0.05, 0.1) is 49.1 Å². The summed E-state index contributed by atoms with van der Waals surface area (Å²) in [5.74, 6) is 0.994. The van der Waals surface area contributed by atoms with Crippen molar-refractivity contribution in [3.05, 3.63) is 78.5 Å². The van der Waals surface area contributed by atoms with Crippen LogP contribution in [0.5, 0.6) is 0 Å². The Kier molecular flexibility index (Phi) is 8.94. The van der Waals surface area contributed by atoms with Gasteiger partial charge in [0.2, 0.25) is 0 Å². The Morgan fingerprint density at radius 1 is 1.02 bits per heavy atom. The fourth-order valence-corrected chi connectivity index (χ4v) is 7.55. The molecule has 50 heavy (non-hydrogen) atoms. The average molecular weight is 677 g/mol. The number of nitrogens with zero attached hydrogens (tertiary/aromatic N) is 9. The number of amides is 1. The molecule has 13 nitrogen and oxygen atoms in total. The van der Waals surface area contributed by atoms with E-state index in [0.29, 0.717) is 70.7 Å². The molecule has 1 atom stereocenters. The molecule has 0 unspecified atom stereocenters. The highest BCUT2D eigenvalue weighted by Crippen LogP contribution is 2.34. The Bertz CT molecular complexity index is 1920. The Labute approximate surface area is 291 Å². The number of fused-ring (bicyclic) bond motifs is 2. The van der Waals surface area contributed by atoms with Gasteiger partial charge >= 0.3 is 0 Å². The van der Waals surface area contributed by atoms with E-state index in [2.05, 4.69) is 49.6 Å². The predicted molar refractivity (Wildman–Crippen MR) is 192 cm³/mol. The van der Waals surface area contributed by atoms with Crippen molar-refractivity contribution in [1.29, 1.82) is 0 Å². The monoisotopic (exact) mass is 676 g/mol. The number of aliphatic hydroxyl groups excluding tert-OH is 1. The number of piperazine rings is 2. The van der Waals surface area contributed by atoms with Crippen molar-refractivity contribution in [2.24, 2.45) is 0 Å². The van der Waals surface area contributed by atoms with Crippen molar-refractivity contribution in [1.82, 2.24) is 34.4 Å². The third-order valence-electron chi connectivity index (χ3n) is 10.4. The van der Waals surface area contributed by atoms with Gasteiger partial charge in [0.1, 0.15) is 17.3 Å². The fourth-order valence-electron chi connectivity index (χ4n) is 7.55. The van der Waals surface area contributed by atoms with Crippen molar-refractivity contribution in [2.75, 3.05) is 67.6 Å². The smallest absolute Gasteiger partial charge is 0.275 e. The summed E-state index contributed by atoms with van der Waals surface area (Å²) in [5.41, 5.74) is 5.88. The zero-order valence-electron chi connectivity index (χ0n) is 28.5. The van der Waals surface area contributed by atoms with Gasteiger partial charge in [-0.15, -0.1) is 0 Å². The Morgan fingerprint density at radius 2 is 1.92 bits per heavy atom. The molecule has 4 aliphatic heterocycles. The number of aromatic nitrogens is 5. The number of carbonyl (C=O) groups excluding carboxylic acids is 1. The third kappa shape index (κ3) is 6.21.